The first-order chi connectivity index (χ1) is 16.0. The van der Waals surface area contributed by atoms with Gasteiger partial charge in [-0.3, -0.25) is 10.1 Å². The molecule has 1 heterocycles. The molecule has 33 heavy (non-hydrogen) atoms. The van der Waals surface area contributed by atoms with Gasteiger partial charge in [0.05, 0.1) is 32.9 Å². The van der Waals surface area contributed by atoms with Gasteiger partial charge in [0, 0.05) is 19.2 Å². The van der Waals surface area contributed by atoms with Crippen LogP contribution in [-0.2, 0) is 13.7 Å². The van der Waals surface area contributed by atoms with Gasteiger partial charge < -0.3 is 14.0 Å². The van der Waals surface area contributed by atoms with Crippen molar-refractivity contribution < 1.29 is 14.4 Å². The molecule has 0 spiro atoms. The molecule has 3 aromatic carbocycles. The van der Waals surface area contributed by atoms with Crippen molar-refractivity contribution in [2.75, 3.05) is 12.5 Å². The molecule has 4 aromatic rings. The van der Waals surface area contributed by atoms with Gasteiger partial charge >= 0.3 is 0 Å². The average molecular weight is 557 g/mol. The minimum Gasteiger partial charge on any atom is -0.493 e. The lowest BCUT2D eigenvalue weighted by Crippen LogP contribution is -2.02. The van der Waals surface area contributed by atoms with E-state index in [-0.39, 0.29) is 12.3 Å². The summed E-state index contributed by atoms with van der Waals surface area (Å²) in [6.45, 7) is 0.256. The number of hydrazone groups is 1. The van der Waals surface area contributed by atoms with Crippen molar-refractivity contribution >= 4 is 51.5 Å². The maximum atomic E-state index is 10.8. The minimum atomic E-state index is -0.429. The van der Waals surface area contributed by atoms with Crippen molar-refractivity contribution in [3.05, 3.63) is 85.5 Å². The Hall–Kier alpha value is -3.67. The highest BCUT2D eigenvalue weighted by atomic mass is 127. The van der Waals surface area contributed by atoms with Crippen LogP contribution in [0.4, 0.5) is 11.6 Å². The smallest absolute Gasteiger partial charge is 0.269 e. The van der Waals surface area contributed by atoms with E-state index >= 15 is 0 Å². The zero-order valence-electron chi connectivity index (χ0n) is 17.9. The molecule has 168 valence electrons. The third-order valence-corrected chi connectivity index (χ3v) is 5.75. The van der Waals surface area contributed by atoms with Gasteiger partial charge in [-0.15, -0.1) is 0 Å². The first-order valence-electron chi connectivity index (χ1n) is 9.90. The number of methoxy groups -OCH3 is 1. The third-order valence-electron chi connectivity index (χ3n) is 4.95. The standard InChI is InChI=1S/C23H20IN5O4/c1-28-20-6-4-3-5-19(20)26-23(28)27-25-13-16-11-18(24)22(21(12-16)32-2)33-14-15-7-9-17(10-8-15)29(30)31/h3-13H,14H2,1-2H3,(H,26,27)/b25-13-. The number of aryl methyl sites for hydroxylation is 1. The van der Waals surface area contributed by atoms with Crippen LogP contribution >= 0.6 is 22.6 Å². The van der Waals surface area contributed by atoms with Crippen LogP contribution in [0.15, 0.2) is 65.8 Å². The van der Waals surface area contributed by atoms with Crippen molar-refractivity contribution in [3.8, 4) is 11.5 Å². The van der Waals surface area contributed by atoms with Crippen LogP contribution in [0, 0.1) is 13.7 Å². The topological polar surface area (TPSA) is 104 Å². The lowest BCUT2D eigenvalue weighted by molar-refractivity contribution is -0.384. The molecule has 0 unspecified atom stereocenters. The number of para-hydroxylation sites is 2. The molecule has 4 rings (SSSR count). The van der Waals surface area contributed by atoms with Crippen molar-refractivity contribution in [1.29, 1.82) is 0 Å². The van der Waals surface area contributed by atoms with Crippen LogP contribution in [0.25, 0.3) is 11.0 Å². The van der Waals surface area contributed by atoms with Gasteiger partial charge in [0.1, 0.15) is 6.61 Å². The summed E-state index contributed by atoms with van der Waals surface area (Å²) in [4.78, 5) is 14.9. The van der Waals surface area contributed by atoms with Crippen LogP contribution in [-0.4, -0.2) is 27.8 Å². The molecule has 9 nitrogen and oxygen atoms in total. The number of imidazole rings is 1. The van der Waals surface area contributed by atoms with Gasteiger partial charge in [0.15, 0.2) is 11.5 Å². The van der Waals surface area contributed by atoms with E-state index in [9.17, 15) is 10.1 Å². The first-order valence-corrected chi connectivity index (χ1v) is 11.0. The molecular weight excluding hydrogens is 537 g/mol. The van der Waals surface area contributed by atoms with Gasteiger partial charge in [-0.1, -0.05) is 12.1 Å². The highest BCUT2D eigenvalue weighted by Crippen LogP contribution is 2.34. The molecule has 0 saturated heterocycles. The van der Waals surface area contributed by atoms with Gasteiger partial charge in [0.25, 0.3) is 5.69 Å². The predicted molar refractivity (Wildman–Crippen MR) is 135 cm³/mol. The number of nitro benzene ring substituents is 1. The van der Waals surface area contributed by atoms with Crippen molar-refractivity contribution in [1.82, 2.24) is 9.55 Å². The van der Waals surface area contributed by atoms with E-state index in [1.807, 2.05) is 48.0 Å². The molecular formula is C23H20IN5O4. The van der Waals surface area contributed by atoms with E-state index in [0.29, 0.717) is 17.4 Å². The number of benzene rings is 3. The van der Waals surface area contributed by atoms with Crippen LogP contribution in [0.1, 0.15) is 11.1 Å². The largest absolute Gasteiger partial charge is 0.493 e. The van der Waals surface area contributed by atoms with E-state index < -0.39 is 4.92 Å². The number of nitrogens with zero attached hydrogens (tertiary/aromatic N) is 4. The molecule has 0 atom stereocenters. The van der Waals surface area contributed by atoms with E-state index in [2.05, 4.69) is 38.1 Å². The Balaban J connectivity index is 1.47. The zero-order chi connectivity index (χ0) is 23.4. The summed E-state index contributed by atoms with van der Waals surface area (Å²) >= 11 is 2.18. The second-order valence-corrected chi connectivity index (χ2v) is 8.26. The number of halogens is 1. The van der Waals surface area contributed by atoms with E-state index in [1.165, 1.54) is 12.1 Å². The summed E-state index contributed by atoms with van der Waals surface area (Å²) in [5, 5.41) is 15.1. The maximum absolute atomic E-state index is 10.8. The number of nitrogens with one attached hydrogen (secondary N) is 1. The molecule has 0 bridgehead atoms. The van der Waals surface area contributed by atoms with Crippen LogP contribution < -0.4 is 14.9 Å². The summed E-state index contributed by atoms with van der Waals surface area (Å²) in [6, 6.07) is 17.9. The van der Waals surface area contributed by atoms with Crippen LogP contribution in [0.2, 0.25) is 0 Å². The summed E-state index contributed by atoms with van der Waals surface area (Å²) < 4.78 is 14.2. The SMILES string of the molecule is COc1cc(/C=N\Nc2nc3ccccc3n2C)cc(I)c1OCc1ccc([N+](=O)[O-])cc1. The second-order valence-electron chi connectivity index (χ2n) is 7.10. The fourth-order valence-corrected chi connectivity index (χ4v) is 4.01. The average Bonchev–Trinajstić information content (AvgIpc) is 3.14. The second kappa shape index (κ2) is 9.86. The molecule has 0 aliphatic rings. The summed E-state index contributed by atoms with van der Waals surface area (Å²) in [5.74, 6) is 1.79. The monoisotopic (exact) mass is 557 g/mol. The summed E-state index contributed by atoms with van der Waals surface area (Å²) in [6.07, 6.45) is 1.68. The minimum absolute atomic E-state index is 0.0433. The number of nitro groups is 1. The molecule has 0 saturated carbocycles. The Morgan fingerprint density at radius 1 is 1.21 bits per heavy atom. The zero-order valence-corrected chi connectivity index (χ0v) is 20.0. The van der Waals surface area contributed by atoms with Crippen molar-refractivity contribution in [2.45, 2.75) is 6.61 Å². The lowest BCUT2D eigenvalue weighted by atomic mass is 10.2. The summed E-state index contributed by atoms with van der Waals surface area (Å²) in [5.41, 5.74) is 6.57. The van der Waals surface area contributed by atoms with E-state index in [0.717, 1.165) is 25.7 Å². The number of fused-ring (bicyclic) bond motifs is 1. The van der Waals surface area contributed by atoms with Gasteiger partial charge in [-0.05, 0) is 70.1 Å². The Bertz CT molecular complexity index is 1330. The molecule has 1 N–H and O–H groups in total. The number of hydrogen-bond acceptors (Lipinski definition) is 7. The molecule has 0 amide bonds. The Labute approximate surface area is 203 Å². The number of ether oxygens (including phenoxy) is 2. The van der Waals surface area contributed by atoms with Crippen molar-refractivity contribution in [2.24, 2.45) is 12.1 Å². The quantitative estimate of drug-likeness (QED) is 0.140. The summed E-state index contributed by atoms with van der Waals surface area (Å²) in [7, 11) is 3.50. The molecule has 0 fully saturated rings. The van der Waals surface area contributed by atoms with Crippen LogP contribution in [0.3, 0.4) is 0 Å². The number of hydrogen-bond donors (Lipinski definition) is 1. The predicted octanol–water partition coefficient (Wildman–Crippen LogP) is 5.12. The Morgan fingerprint density at radius 3 is 2.67 bits per heavy atom. The number of non-ortho nitro benzene ring substituents is 1. The number of anilines is 1. The van der Waals surface area contributed by atoms with Gasteiger partial charge in [-0.25, -0.2) is 10.4 Å². The number of aromatic nitrogens is 2. The molecule has 10 heteroatoms. The molecule has 0 aliphatic carbocycles. The fraction of sp³-hybridized carbons (Fsp3) is 0.130. The fourth-order valence-electron chi connectivity index (χ4n) is 3.23. The highest BCUT2D eigenvalue weighted by molar-refractivity contribution is 14.1. The van der Waals surface area contributed by atoms with Gasteiger partial charge in [0.2, 0.25) is 5.95 Å². The molecule has 0 aliphatic heterocycles. The van der Waals surface area contributed by atoms with Crippen LogP contribution in [0.5, 0.6) is 11.5 Å². The molecule has 0 radical (unpaired) electrons. The highest BCUT2D eigenvalue weighted by Gasteiger charge is 2.12. The normalized spacial score (nSPS) is 11.1. The number of rotatable bonds is 8. The molecule has 1 aromatic heterocycles. The lowest BCUT2D eigenvalue weighted by Gasteiger charge is -2.13. The maximum Gasteiger partial charge on any atom is 0.269 e. The Kier molecular flexibility index (Phi) is 6.73. The van der Waals surface area contributed by atoms with Crippen molar-refractivity contribution in [3.63, 3.8) is 0 Å². The third kappa shape index (κ3) is 5.06. The van der Waals surface area contributed by atoms with E-state index in [1.54, 1.807) is 25.5 Å². The van der Waals surface area contributed by atoms with E-state index in [4.69, 9.17) is 9.47 Å². The van der Waals surface area contributed by atoms with Gasteiger partial charge in [-0.2, -0.15) is 5.10 Å². The Morgan fingerprint density at radius 2 is 1.97 bits per heavy atom. The first kappa shape index (κ1) is 22.5.